The van der Waals surface area contributed by atoms with Gasteiger partial charge >= 0.3 is 0 Å². The van der Waals surface area contributed by atoms with Crippen molar-refractivity contribution in [3.63, 3.8) is 0 Å². The monoisotopic (exact) mass is 118 g/mol. The largest absolute Gasteiger partial charge is 0.483 e. The molecule has 1 rings (SSSR count). The van der Waals surface area contributed by atoms with Crippen molar-refractivity contribution in [3.8, 4) is 0 Å². The van der Waals surface area contributed by atoms with Crippen LogP contribution in [0.5, 0.6) is 0 Å². The summed E-state index contributed by atoms with van der Waals surface area (Å²) in [5, 5.41) is 0.561. The fourth-order valence-corrected chi connectivity index (χ4v) is 0.714. The van der Waals surface area contributed by atoms with Gasteiger partial charge in [-0.2, -0.15) is 0 Å². The fraction of sp³-hybridized carbons (Fsp3) is 0.600. The summed E-state index contributed by atoms with van der Waals surface area (Å²) in [5.74, 6) is 0. The summed E-state index contributed by atoms with van der Waals surface area (Å²) in [6, 6.07) is 0. The van der Waals surface area contributed by atoms with Crippen molar-refractivity contribution >= 4 is 11.6 Å². The molecule has 0 N–H and O–H groups in total. The summed E-state index contributed by atoms with van der Waals surface area (Å²) in [6.07, 6.45) is 4.07. The molecular formula is C5H7ClO. The summed E-state index contributed by atoms with van der Waals surface area (Å²) in [5.41, 5.74) is 0. The molecule has 1 nitrogen and oxygen atoms in total. The number of ether oxygens (including phenoxy) is 1. The summed E-state index contributed by atoms with van der Waals surface area (Å²) < 4.78 is 4.90. The molecule has 1 heterocycles. The molecule has 0 unspecified atom stereocenters. The highest BCUT2D eigenvalue weighted by molar-refractivity contribution is 6.28. The molecule has 0 atom stereocenters. The molecule has 0 saturated heterocycles. The lowest BCUT2D eigenvalue weighted by molar-refractivity contribution is 0.217. The van der Waals surface area contributed by atoms with Crippen molar-refractivity contribution in [1.29, 1.82) is 0 Å². The number of allylic oxidation sites excluding steroid dienone is 1. The van der Waals surface area contributed by atoms with Gasteiger partial charge in [-0.3, -0.25) is 0 Å². The van der Waals surface area contributed by atoms with Gasteiger partial charge in [-0.25, -0.2) is 0 Å². The second kappa shape index (κ2) is 2.22. The van der Waals surface area contributed by atoms with E-state index < -0.39 is 0 Å². The molecule has 0 saturated carbocycles. The van der Waals surface area contributed by atoms with E-state index in [4.69, 9.17) is 16.3 Å². The molecule has 0 amide bonds. The van der Waals surface area contributed by atoms with Crippen molar-refractivity contribution in [2.75, 3.05) is 6.61 Å². The molecule has 40 valence electrons. The summed E-state index contributed by atoms with van der Waals surface area (Å²) >= 11 is 5.46. The minimum absolute atomic E-state index is 0.561. The van der Waals surface area contributed by atoms with Crippen molar-refractivity contribution in [1.82, 2.24) is 0 Å². The molecule has 0 aliphatic carbocycles. The van der Waals surface area contributed by atoms with Crippen LogP contribution in [0.2, 0.25) is 0 Å². The number of hydrogen-bond acceptors (Lipinski definition) is 1. The van der Waals surface area contributed by atoms with Gasteiger partial charge in [0.05, 0.1) is 6.61 Å². The van der Waals surface area contributed by atoms with E-state index in [9.17, 15) is 0 Å². The van der Waals surface area contributed by atoms with Crippen molar-refractivity contribution in [2.24, 2.45) is 0 Å². The Bertz CT molecular complexity index is 88.1. The van der Waals surface area contributed by atoms with Gasteiger partial charge in [0.1, 0.15) is 0 Å². The van der Waals surface area contributed by atoms with Gasteiger partial charge in [-0.05, 0) is 30.5 Å². The fourth-order valence-electron chi connectivity index (χ4n) is 0.527. The van der Waals surface area contributed by atoms with E-state index in [-0.39, 0.29) is 0 Å². The topological polar surface area (TPSA) is 9.23 Å². The Morgan fingerprint density at radius 1 is 1.71 bits per heavy atom. The minimum atomic E-state index is 0.561. The number of halogens is 1. The number of rotatable bonds is 0. The van der Waals surface area contributed by atoms with Crippen LogP contribution in [0.15, 0.2) is 11.3 Å². The number of hydrogen-bond donors (Lipinski definition) is 0. The van der Waals surface area contributed by atoms with Gasteiger partial charge < -0.3 is 4.74 Å². The average molecular weight is 119 g/mol. The van der Waals surface area contributed by atoms with Crippen LogP contribution in [0.4, 0.5) is 0 Å². The van der Waals surface area contributed by atoms with Crippen LogP contribution < -0.4 is 0 Å². The average Bonchev–Trinajstić information content (AvgIpc) is 1.69. The molecule has 0 bridgehead atoms. The zero-order valence-corrected chi connectivity index (χ0v) is 4.74. The smallest absolute Gasteiger partial charge is 0.182 e. The van der Waals surface area contributed by atoms with Gasteiger partial charge in [0, 0.05) is 0 Å². The Labute approximate surface area is 47.9 Å². The zero-order chi connectivity index (χ0) is 5.11. The van der Waals surface area contributed by atoms with E-state index in [1.807, 2.05) is 6.08 Å². The minimum Gasteiger partial charge on any atom is -0.483 e. The second-order valence-electron chi connectivity index (χ2n) is 1.50. The van der Waals surface area contributed by atoms with Gasteiger partial charge in [0.25, 0.3) is 0 Å². The maximum Gasteiger partial charge on any atom is 0.182 e. The van der Waals surface area contributed by atoms with E-state index in [2.05, 4.69) is 0 Å². The normalized spacial score (nSPS) is 20.4. The Kier molecular flexibility index (Phi) is 1.58. The molecule has 1 aliphatic heterocycles. The quantitative estimate of drug-likeness (QED) is 0.472. The zero-order valence-electron chi connectivity index (χ0n) is 3.98. The molecule has 0 aromatic rings. The maximum atomic E-state index is 5.46. The summed E-state index contributed by atoms with van der Waals surface area (Å²) in [6.45, 7) is 0.787. The molecule has 2 heteroatoms. The lowest BCUT2D eigenvalue weighted by Gasteiger charge is -2.07. The van der Waals surface area contributed by atoms with E-state index in [1.165, 1.54) is 0 Å². The second-order valence-corrected chi connectivity index (χ2v) is 1.87. The first kappa shape index (κ1) is 4.98. The van der Waals surface area contributed by atoms with E-state index in [0.717, 1.165) is 19.4 Å². The molecule has 1 aliphatic rings. The third kappa shape index (κ3) is 1.39. The maximum absolute atomic E-state index is 5.46. The Morgan fingerprint density at radius 2 is 2.57 bits per heavy atom. The first-order chi connectivity index (χ1) is 3.39. The first-order valence-corrected chi connectivity index (χ1v) is 2.76. The predicted molar refractivity (Wildman–Crippen MR) is 29.1 cm³/mol. The highest BCUT2D eigenvalue weighted by atomic mass is 35.5. The lowest BCUT2D eigenvalue weighted by atomic mass is 10.3. The first-order valence-electron chi connectivity index (χ1n) is 2.38. The molecule has 0 spiro atoms. The van der Waals surface area contributed by atoms with Crippen molar-refractivity contribution in [3.05, 3.63) is 11.3 Å². The van der Waals surface area contributed by atoms with Crippen LogP contribution in [0.1, 0.15) is 12.8 Å². The van der Waals surface area contributed by atoms with Crippen LogP contribution in [-0.4, -0.2) is 6.61 Å². The van der Waals surface area contributed by atoms with Crippen LogP contribution in [0.25, 0.3) is 0 Å². The highest BCUT2D eigenvalue weighted by Crippen LogP contribution is 2.11. The molecule has 0 aromatic heterocycles. The molecule has 7 heavy (non-hydrogen) atoms. The van der Waals surface area contributed by atoms with Gasteiger partial charge in [0.2, 0.25) is 0 Å². The Morgan fingerprint density at radius 3 is 2.86 bits per heavy atom. The summed E-state index contributed by atoms with van der Waals surface area (Å²) in [7, 11) is 0. The van der Waals surface area contributed by atoms with Crippen LogP contribution in [-0.2, 0) is 4.74 Å². The SMILES string of the molecule is ClC1=CCCCO1. The van der Waals surface area contributed by atoms with Crippen molar-refractivity contribution < 1.29 is 4.74 Å². The van der Waals surface area contributed by atoms with Gasteiger partial charge in [-0.1, -0.05) is 0 Å². The molecule has 0 aromatic carbocycles. The van der Waals surface area contributed by atoms with Crippen LogP contribution in [0, 0.1) is 0 Å². The molecule has 0 fully saturated rings. The van der Waals surface area contributed by atoms with Gasteiger partial charge in [-0.15, -0.1) is 0 Å². The van der Waals surface area contributed by atoms with Crippen molar-refractivity contribution in [2.45, 2.75) is 12.8 Å². The Balaban J connectivity index is 2.40. The van der Waals surface area contributed by atoms with E-state index in [1.54, 1.807) is 0 Å². The highest BCUT2D eigenvalue weighted by Gasteiger charge is 1.97. The van der Waals surface area contributed by atoms with E-state index in [0.29, 0.717) is 5.22 Å². The Hall–Kier alpha value is -0.170. The van der Waals surface area contributed by atoms with E-state index >= 15 is 0 Å². The van der Waals surface area contributed by atoms with Gasteiger partial charge in [0.15, 0.2) is 5.22 Å². The molecular weight excluding hydrogens is 112 g/mol. The lowest BCUT2D eigenvalue weighted by Crippen LogP contribution is -1.95. The third-order valence-electron chi connectivity index (χ3n) is 0.893. The third-order valence-corrected chi connectivity index (χ3v) is 1.16. The summed E-state index contributed by atoms with van der Waals surface area (Å²) in [4.78, 5) is 0. The molecule has 0 radical (unpaired) electrons. The standard InChI is InChI=1S/C5H7ClO/c6-5-3-1-2-4-7-5/h3H,1-2,4H2. The van der Waals surface area contributed by atoms with Crippen LogP contribution >= 0.6 is 11.6 Å². The predicted octanol–water partition coefficient (Wildman–Crippen LogP) is 1.88. The van der Waals surface area contributed by atoms with Crippen LogP contribution in [0.3, 0.4) is 0 Å².